The molecule has 26 heavy (non-hydrogen) atoms. The van der Waals surface area contributed by atoms with E-state index in [0.29, 0.717) is 38.1 Å². The minimum absolute atomic E-state index is 0.374. The molecule has 4 N–H and O–H groups in total. The number of carboxylic acids is 2. The van der Waals surface area contributed by atoms with Crippen molar-refractivity contribution in [1.82, 2.24) is 10.6 Å². The molecule has 6 nitrogen and oxygen atoms in total. The molecule has 1 aromatic carbocycles. The molecule has 1 fully saturated rings. The standard InChI is InChI=1S/C20H30N2O4/c1-21-13-20(19(25)26)10-8-15(9-11-20)16-5-3-4-14(12-16)6-7-17(22-2)18(23)24/h3-5,12,15,17,21-22H,6-11,13H2,1-2H3,(H,23,24)(H,25,26). The van der Waals surface area contributed by atoms with Crippen molar-refractivity contribution >= 4 is 11.9 Å². The Balaban J connectivity index is 2.00. The largest absolute Gasteiger partial charge is 0.481 e. The molecular weight excluding hydrogens is 332 g/mol. The lowest BCUT2D eigenvalue weighted by Crippen LogP contribution is -2.42. The molecule has 0 bridgehead atoms. The smallest absolute Gasteiger partial charge is 0.320 e. The van der Waals surface area contributed by atoms with Crippen LogP contribution in [0.1, 0.15) is 49.1 Å². The number of carboxylic acid groups (broad SMARTS) is 2. The van der Waals surface area contributed by atoms with Crippen molar-refractivity contribution in [1.29, 1.82) is 0 Å². The highest BCUT2D eigenvalue weighted by Crippen LogP contribution is 2.43. The Morgan fingerprint density at radius 3 is 2.46 bits per heavy atom. The molecule has 0 spiro atoms. The molecule has 144 valence electrons. The molecule has 1 aliphatic carbocycles. The van der Waals surface area contributed by atoms with E-state index < -0.39 is 23.4 Å². The Hall–Kier alpha value is -1.92. The summed E-state index contributed by atoms with van der Waals surface area (Å²) in [5.41, 5.74) is 1.72. The molecule has 1 aliphatic rings. The minimum atomic E-state index is -0.828. The van der Waals surface area contributed by atoms with E-state index in [1.165, 1.54) is 5.56 Å². The zero-order valence-electron chi connectivity index (χ0n) is 15.6. The number of likely N-dealkylation sites (N-methyl/N-ethyl adjacent to an activating group) is 1. The Labute approximate surface area is 155 Å². The van der Waals surface area contributed by atoms with Gasteiger partial charge in [-0.1, -0.05) is 24.3 Å². The summed E-state index contributed by atoms with van der Waals surface area (Å²) in [5.74, 6) is -1.16. The highest BCUT2D eigenvalue weighted by atomic mass is 16.4. The van der Waals surface area contributed by atoms with Crippen LogP contribution in [0, 0.1) is 5.41 Å². The fraction of sp³-hybridized carbons (Fsp3) is 0.600. The van der Waals surface area contributed by atoms with Crippen LogP contribution in [-0.2, 0) is 16.0 Å². The summed E-state index contributed by atoms with van der Waals surface area (Å²) in [6.07, 6.45) is 4.34. The van der Waals surface area contributed by atoms with Gasteiger partial charge in [-0.3, -0.25) is 9.59 Å². The van der Waals surface area contributed by atoms with E-state index in [1.54, 1.807) is 14.1 Å². The molecule has 0 amide bonds. The normalized spacial score (nSPS) is 24.2. The molecule has 1 atom stereocenters. The van der Waals surface area contributed by atoms with Crippen LogP contribution >= 0.6 is 0 Å². The average Bonchev–Trinajstić information content (AvgIpc) is 2.63. The second-order valence-corrected chi connectivity index (χ2v) is 7.35. The Morgan fingerprint density at radius 2 is 1.92 bits per heavy atom. The van der Waals surface area contributed by atoms with Gasteiger partial charge in [-0.15, -0.1) is 0 Å². The van der Waals surface area contributed by atoms with Gasteiger partial charge in [-0.25, -0.2) is 0 Å². The summed E-state index contributed by atoms with van der Waals surface area (Å²) in [6, 6.07) is 7.78. The zero-order chi connectivity index (χ0) is 19.2. The summed E-state index contributed by atoms with van der Waals surface area (Å²) in [5, 5.41) is 24.6. The molecule has 0 radical (unpaired) electrons. The van der Waals surface area contributed by atoms with Gasteiger partial charge < -0.3 is 20.8 Å². The van der Waals surface area contributed by atoms with Crippen LogP contribution in [0.25, 0.3) is 0 Å². The molecule has 1 aromatic rings. The quantitative estimate of drug-likeness (QED) is 0.538. The third-order valence-corrected chi connectivity index (χ3v) is 5.70. The van der Waals surface area contributed by atoms with Crippen LogP contribution < -0.4 is 10.6 Å². The average molecular weight is 362 g/mol. The zero-order valence-corrected chi connectivity index (χ0v) is 15.6. The molecule has 1 unspecified atom stereocenters. The van der Waals surface area contributed by atoms with Crippen LogP contribution in [0.5, 0.6) is 0 Å². The molecule has 0 heterocycles. The molecular formula is C20H30N2O4. The van der Waals surface area contributed by atoms with Crippen molar-refractivity contribution in [2.45, 2.75) is 50.5 Å². The Bertz CT molecular complexity index is 624. The van der Waals surface area contributed by atoms with Gasteiger partial charge in [-0.2, -0.15) is 0 Å². The van der Waals surface area contributed by atoms with E-state index in [0.717, 1.165) is 18.4 Å². The van der Waals surface area contributed by atoms with Crippen LogP contribution in [0.2, 0.25) is 0 Å². The number of hydrogen-bond acceptors (Lipinski definition) is 4. The molecule has 1 saturated carbocycles. The van der Waals surface area contributed by atoms with Gasteiger partial charge in [0.25, 0.3) is 0 Å². The minimum Gasteiger partial charge on any atom is -0.481 e. The van der Waals surface area contributed by atoms with Crippen LogP contribution in [-0.4, -0.2) is 48.8 Å². The van der Waals surface area contributed by atoms with Crippen molar-refractivity contribution in [3.63, 3.8) is 0 Å². The molecule has 2 rings (SSSR count). The predicted octanol–water partition coefficient (Wildman–Crippen LogP) is 2.24. The Kier molecular flexibility index (Phi) is 7.17. The van der Waals surface area contributed by atoms with Crippen molar-refractivity contribution in [3.8, 4) is 0 Å². The predicted molar refractivity (Wildman–Crippen MR) is 100 cm³/mol. The first-order valence-corrected chi connectivity index (χ1v) is 9.29. The molecule has 0 aromatic heterocycles. The summed E-state index contributed by atoms with van der Waals surface area (Å²) in [7, 11) is 3.47. The third-order valence-electron chi connectivity index (χ3n) is 5.70. The number of hydrogen-bond donors (Lipinski definition) is 4. The van der Waals surface area contributed by atoms with Crippen LogP contribution in [0.3, 0.4) is 0 Å². The Morgan fingerprint density at radius 1 is 1.23 bits per heavy atom. The lowest BCUT2D eigenvalue weighted by atomic mass is 9.68. The molecule has 6 heteroatoms. The number of aliphatic carboxylic acids is 2. The van der Waals surface area contributed by atoms with Crippen molar-refractivity contribution in [2.75, 3.05) is 20.6 Å². The number of carbonyl (C=O) groups is 2. The fourth-order valence-corrected chi connectivity index (χ4v) is 4.01. The second-order valence-electron chi connectivity index (χ2n) is 7.35. The topological polar surface area (TPSA) is 98.7 Å². The number of rotatable bonds is 9. The lowest BCUT2D eigenvalue weighted by molar-refractivity contribution is -0.151. The summed E-state index contributed by atoms with van der Waals surface area (Å²) in [4.78, 5) is 22.8. The van der Waals surface area contributed by atoms with E-state index in [9.17, 15) is 14.7 Å². The van der Waals surface area contributed by atoms with Crippen molar-refractivity contribution < 1.29 is 19.8 Å². The van der Waals surface area contributed by atoms with E-state index in [4.69, 9.17) is 5.11 Å². The summed E-state index contributed by atoms with van der Waals surface area (Å²) in [6.45, 7) is 0.510. The SMILES string of the molecule is CNCC1(C(=O)O)CCC(c2cccc(CCC(NC)C(=O)O)c2)CC1. The van der Waals surface area contributed by atoms with Crippen LogP contribution in [0.15, 0.2) is 24.3 Å². The molecule has 0 aliphatic heterocycles. The van der Waals surface area contributed by atoms with Crippen LogP contribution in [0.4, 0.5) is 0 Å². The number of nitrogens with one attached hydrogen (secondary N) is 2. The van der Waals surface area contributed by atoms with Gasteiger partial charge in [0.15, 0.2) is 0 Å². The maximum atomic E-state index is 11.7. The van der Waals surface area contributed by atoms with Gasteiger partial charge in [0.2, 0.25) is 0 Å². The fourth-order valence-electron chi connectivity index (χ4n) is 4.01. The summed E-state index contributed by atoms with van der Waals surface area (Å²) < 4.78 is 0. The van der Waals surface area contributed by atoms with Gasteiger partial charge in [-0.05, 0) is 69.7 Å². The monoisotopic (exact) mass is 362 g/mol. The van der Waals surface area contributed by atoms with E-state index in [2.05, 4.69) is 22.8 Å². The first kappa shape index (κ1) is 20.4. The summed E-state index contributed by atoms with van der Waals surface area (Å²) >= 11 is 0. The first-order valence-electron chi connectivity index (χ1n) is 9.29. The van der Waals surface area contributed by atoms with Crippen molar-refractivity contribution in [3.05, 3.63) is 35.4 Å². The maximum Gasteiger partial charge on any atom is 0.320 e. The van der Waals surface area contributed by atoms with E-state index >= 15 is 0 Å². The molecule has 0 saturated heterocycles. The second kappa shape index (κ2) is 9.14. The van der Waals surface area contributed by atoms with Gasteiger partial charge in [0.05, 0.1) is 5.41 Å². The van der Waals surface area contributed by atoms with E-state index in [-0.39, 0.29) is 0 Å². The van der Waals surface area contributed by atoms with Gasteiger partial charge >= 0.3 is 11.9 Å². The highest BCUT2D eigenvalue weighted by molar-refractivity contribution is 5.75. The highest BCUT2D eigenvalue weighted by Gasteiger charge is 2.41. The number of aryl methyl sites for hydroxylation is 1. The maximum absolute atomic E-state index is 11.7. The van der Waals surface area contributed by atoms with E-state index in [1.807, 2.05) is 12.1 Å². The third kappa shape index (κ3) is 4.83. The first-order chi connectivity index (χ1) is 12.4. The lowest BCUT2D eigenvalue weighted by Gasteiger charge is -2.37. The van der Waals surface area contributed by atoms with Gasteiger partial charge in [0.1, 0.15) is 6.04 Å². The number of benzene rings is 1. The van der Waals surface area contributed by atoms with Crippen molar-refractivity contribution in [2.24, 2.45) is 5.41 Å². The van der Waals surface area contributed by atoms with Gasteiger partial charge in [0, 0.05) is 6.54 Å².